The van der Waals surface area contributed by atoms with E-state index in [1.165, 1.54) is 12.3 Å². The zero-order valence-electron chi connectivity index (χ0n) is 11.1. The van der Waals surface area contributed by atoms with Crippen LogP contribution in [0, 0.1) is 5.92 Å². The lowest BCUT2D eigenvalue weighted by molar-refractivity contribution is -0.125. The maximum absolute atomic E-state index is 12.4. The molecule has 2 amide bonds. The van der Waals surface area contributed by atoms with E-state index in [1.54, 1.807) is 11.0 Å². The second kappa shape index (κ2) is 5.11. The first-order chi connectivity index (χ1) is 9.65. The SMILES string of the molecule is O=C1CCC2CN(C(=O)c3ncccc3O)CCC2N1. The van der Waals surface area contributed by atoms with Crippen molar-refractivity contribution < 1.29 is 14.7 Å². The molecule has 2 aliphatic rings. The Bertz CT molecular complexity index is 546. The molecule has 2 fully saturated rings. The van der Waals surface area contributed by atoms with E-state index in [0.29, 0.717) is 25.4 Å². The molecule has 6 heteroatoms. The minimum atomic E-state index is -0.238. The van der Waals surface area contributed by atoms with Crippen molar-refractivity contribution >= 4 is 11.8 Å². The van der Waals surface area contributed by atoms with Crippen LogP contribution < -0.4 is 5.32 Å². The van der Waals surface area contributed by atoms with Crippen molar-refractivity contribution in [2.24, 2.45) is 5.92 Å². The van der Waals surface area contributed by atoms with E-state index in [0.717, 1.165) is 12.8 Å². The topological polar surface area (TPSA) is 82.5 Å². The van der Waals surface area contributed by atoms with Gasteiger partial charge in [0.05, 0.1) is 0 Å². The molecule has 106 valence electrons. The van der Waals surface area contributed by atoms with E-state index in [1.807, 2.05) is 0 Å². The molecule has 0 aliphatic carbocycles. The molecule has 0 spiro atoms. The highest BCUT2D eigenvalue weighted by Gasteiger charge is 2.36. The third-order valence-corrected chi connectivity index (χ3v) is 4.10. The van der Waals surface area contributed by atoms with Crippen LogP contribution in [-0.4, -0.2) is 45.9 Å². The van der Waals surface area contributed by atoms with Crippen LogP contribution in [0.5, 0.6) is 5.75 Å². The van der Waals surface area contributed by atoms with Gasteiger partial charge in [-0.2, -0.15) is 0 Å². The number of pyridine rings is 1. The summed E-state index contributed by atoms with van der Waals surface area (Å²) in [4.78, 5) is 29.4. The van der Waals surface area contributed by atoms with Crippen molar-refractivity contribution in [3.63, 3.8) is 0 Å². The summed E-state index contributed by atoms with van der Waals surface area (Å²) in [7, 11) is 0. The van der Waals surface area contributed by atoms with Gasteiger partial charge in [-0.15, -0.1) is 0 Å². The highest BCUT2D eigenvalue weighted by Crippen LogP contribution is 2.27. The number of fused-ring (bicyclic) bond motifs is 1. The van der Waals surface area contributed by atoms with Gasteiger partial charge in [-0.25, -0.2) is 4.98 Å². The Kier molecular flexibility index (Phi) is 3.30. The number of nitrogens with one attached hydrogen (secondary N) is 1. The molecule has 6 nitrogen and oxygen atoms in total. The Balaban J connectivity index is 1.72. The predicted octanol–water partition coefficient (Wildman–Crippen LogP) is 0.528. The number of carbonyl (C=O) groups excluding carboxylic acids is 2. The lowest BCUT2D eigenvalue weighted by atomic mass is 9.85. The second-order valence-corrected chi connectivity index (χ2v) is 5.38. The molecule has 3 heterocycles. The van der Waals surface area contributed by atoms with E-state index in [-0.39, 0.29) is 29.3 Å². The zero-order chi connectivity index (χ0) is 14.1. The third-order valence-electron chi connectivity index (χ3n) is 4.10. The first-order valence-electron chi connectivity index (χ1n) is 6.88. The van der Waals surface area contributed by atoms with Crippen LogP contribution in [-0.2, 0) is 4.79 Å². The Morgan fingerprint density at radius 2 is 2.30 bits per heavy atom. The number of amides is 2. The number of hydrogen-bond acceptors (Lipinski definition) is 4. The second-order valence-electron chi connectivity index (χ2n) is 5.38. The van der Waals surface area contributed by atoms with Crippen LogP contribution in [0.1, 0.15) is 29.8 Å². The fourth-order valence-corrected chi connectivity index (χ4v) is 3.01. The van der Waals surface area contributed by atoms with Crippen molar-refractivity contribution in [3.8, 4) is 5.75 Å². The molecule has 2 N–H and O–H groups in total. The Morgan fingerprint density at radius 3 is 3.10 bits per heavy atom. The Labute approximate surface area is 116 Å². The molecule has 2 atom stereocenters. The smallest absolute Gasteiger partial charge is 0.276 e. The standard InChI is InChI=1S/C14H17N3O3/c18-11-2-1-6-15-13(11)14(20)17-7-5-10-9(8-17)3-4-12(19)16-10/h1-2,6,9-10,18H,3-5,7-8H2,(H,16,19). The molecular formula is C14H17N3O3. The number of piperidine rings is 2. The largest absolute Gasteiger partial charge is 0.505 e. The molecule has 2 unspecified atom stereocenters. The first kappa shape index (κ1) is 12.9. The normalized spacial score (nSPS) is 25.8. The number of nitrogens with zero attached hydrogens (tertiary/aromatic N) is 2. The molecule has 3 rings (SSSR count). The van der Waals surface area contributed by atoms with Gasteiger partial charge in [0.2, 0.25) is 5.91 Å². The average molecular weight is 275 g/mol. The van der Waals surface area contributed by atoms with Crippen LogP contribution in [0.3, 0.4) is 0 Å². The van der Waals surface area contributed by atoms with Gasteiger partial charge in [0, 0.05) is 31.7 Å². The van der Waals surface area contributed by atoms with E-state index in [9.17, 15) is 14.7 Å². The van der Waals surface area contributed by atoms with E-state index >= 15 is 0 Å². The number of aromatic nitrogens is 1. The highest BCUT2D eigenvalue weighted by atomic mass is 16.3. The minimum Gasteiger partial charge on any atom is -0.505 e. The van der Waals surface area contributed by atoms with Crippen LogP contribution in [0.15, 0.2) is 18.3 Å². The van der Waals surface area contributed by atoms with Gasteiger partial charge in [-0.1, -0.05) is 0 Å². The van der Waals surface area contributed by atoms with E-state index < -0.39 is 0 Å². The van der Waals surface area contributed by atoms with Gasteiger partial charge >= 0.3 is 0 Å². The molecule has 1 aromatic rings. The predicted molar refractivity (Wildman–Crippen MR) is 71.1 cm³/mol. The number of rotatable bonds is 1. The summed E-state index contributed by atoms with van der Waals surface area (Å²) < 4.78 is 0. The fraction of sp³-hybridized carbons (Fsp3) is 0.500. The monoisotopic (exact) mass is 275 g/mol. The quantitative estimate of drug-likeness (QED) is 0.783. The first-order valence-corrected chi connectivity index (χ1v) is 6.88. The number of aromatic hydroxyl groups is 1. The van der Waals surface area contributed by atoms with Crippen LogP contribution >= 0.6 is 0 Å². The Morgan fingerprint density at radius 1 is 1.45 bits per heavy atom. The van der Waals surface area contributed by atoms with E-state index in [4.69, 9.17) is 0 Å². The third kappa shape index (κ3) is 2.33. The summed E-state index contributed by atoms with van der Waals surface area (Å²) in [5.41, 5.74) is 0.103. The van der Waals surface area contributed by atoms with Crippen LogP contribution in [0.2, 0.25) is 0 Å². The highest BCUT2D eigenvalue weighted by molar-refractivity contribution is 5.94. The molecule has 1 aromatic heterocycles. The molecule has 2 saturated heterocycles. The average Bonchev–Trinajstić information content (AvgIpc) is 2.46. The maximum Gasteiger partial charge on any atom is 0.276 e. The molecule has 2 aliphatic heterocycles. The number of hydrogen-bond donors (Lipinski definition) is 2. The minimum absolute atomic E-state index is 0.0865. The van der Waals surface area contributed by atoms with Gasteiger partial charge in [-0.05, 0) is 30.9 Å². The van der Waals surface area contributed by atoms with Gasteiger partial charge in [0.25, 0.3) is 5.91 Å². The molecular weight excluding hydrogens is 258 g/mol. The molecule has 0 radical (unpaired) electrons. The molecule has 20 heavy (non-hydrogen) atoms. The molecule has 0 aromatic carbocycles. The van der Waals surface area contributed by atoms with Gasteiger partial charge in [0.1, 0.15) is 5.75 Å². The van der Waals surface area contributed by atoms with Crippen LogP contribution in [0.4, 0.5) is 0 Å². The van der Waals surface area contributed by atoms with Gasteiger partial charge < -0.3 is 15.3 Å². The summed E-state index contributed by atoms with van der Waals surface area (Å²) in [6.07, 6.45) is 3.60. The summed E-state index contributed by atoms with van der Waals surface area (Å²) >= 11 is 0. The lowest BCUT2D eigenvalue weighted by Gasteiger charge is -2.41. The molecule has 0 bridgehead atoms. The maximum atomic E-state index is 12.4. The van der Waals surface area contributed by atoms with Crippen molar-refractivity contribution in [3.05, 3.63) is 24.0 Å². The van der Waals surface area contributed by atoms with E-state index in [2.05, 4.69) is 10.3 Å². The van der Waals surface area contributed by atoms with Gasteiger partial charge in [-0.3, -0.25) is 9.59 Å². The van der Waals surface area contributed by atoms with Crippen molar-refractivity contribution in [2.45, 2.75) is 25.3 Å². The number of likely N-dealkylation sites (tertiary alicyclic amines) is 1. The molecule has 0 saturated carbocycles. The lowest BCUT2D eigenvalue weighted by Crippen LogP contribution is -2.55. The summed E-state index contributed by atoms with van der Waals surface area (Å²) in [6.45, 7) is 1.19. The fourth-order valence-electron chi connectivity index (χ4n) is 3.01. The summed E-state index contributed by atoms with van der Waals surface area (Å²) in [5, 5.41) is 12.7. The van der Waals surface area contributed by atoms with Crippen molar-refractivity contribution in [1.82, 2.24) is 15.2 Å². The van der Waals surface area contributed by atoms with Gasteiger partial charge in [0.15, 0.2) is 5.69 Å². The number of carbonyl (C=O) groups is 2. The summed E-state index contributed by atoms with van der Waals surface area (Å²) in [5.74, 6) is 0.0830. The zero-order valence-corrected chi connectivity index (χ0v) is 11.1. The van der Waals surface area contributed by atoms with Crippen molar-refractivity contribution in [2.75, 3.05) is 13.1 Å². The van der Waals surface area contributed by atoms with Crippen molar-refractivity contribution in [1.29, 1.82) is 0 Å². The Hall–Kier alpha value is -2.11. The van der Waals surface area contributed by atoms with Crippen LogP contribution in [0.25, 0.3) is 0 Å². The summed E-state index contributed by atoms with van der Waals surface area (Å²) in [6, 6.07) is 3.24.